The minimum absolute atomic E-state index is 0.144. The van der Waals surface area contributed by atoms with E-state index in [0.717, 1.165) is 0 Å². The van der Waals surface area contributed by atoms with Crippen molar-refractivity contribution in [2.45, 2.75) is 38.3 Å². The van der Waals surface area contributed by atoms with Gasteiger partial charge in [0.2, 0.25) is 0 Å². The fourth-order valence-corrected chi connectivity index (χ4v) is 1.71. The fourth-order valence-electron chi connectivity index (χ4n) is 1.71. The van der Waals surface area contributed by atoms with Gasteiger partial charge in [0.1, 0.15) is 0 Å². The normalized spacial score (nSPS) is 35.5. The van der Waals surface area contributed by atoms with Crippen molar-refractivity contribution in [1.29, 1.82) is 0 Å². The van der Waals surface area contributed by atoms with Crippen LogP contribution >= 0.6 is 0 Å². The van der Waals surface area contributed by atoms with E-state index < -0.39 is 12.0 Å². The van der Waals surface area contributed by atoms with Gasteiger partial charge in [0.25, 0.3) is 6.43 Å². The van der Waals surface area contributed by atoms with Crippen molar-refractivity contribution in [2.24, 2.45) is 11.7 Å². The average molecular weight is 179 g/mol. The summed E-state index contributed by atoms with van der Waals surface area (Å²) >= 11 is 0. The van der Waals surface area contributed by atoms with E-state index in [9.17, 15) is 8.78 Å². The van der Waals surface area contributed by atoms with Crippen molar-refractivity contribution < 1.29 is 13.5 Å². The topological polar surface area (TPSA) is 35.2 Å². The number of nitrogens with two attached hydrogens (primary N) is 1. The van der Waals surface area contributed by atoms with Crippen LogP contribution in [0.1, 0.15) is 20.3 Å². The van der Waals surface area contributed by atoms with Crippen LogP contribution in [0, 0.1) is 5.92 Å². The molecule has 12 heavy (non-hydrogen) atoms. The molecule has 2 nitrogen and oxygen atoms in total. The van der Waals surface area contributed by atoms with Gasteiger partial charge in [-0.25, -0.2) is 8.78 Å². The molecular weight excluding hydrogens is 164 g/mol. The lowest BCUT2D eigenvalue weighted by Crippen LogP contribution is -2.52. The third-order valence-corrected chi connectivity index (χ3v) is 2.65. The highest BCUT2D eigenvalue weighted by atomic mass is 19.3. The molecule has 0 aliphatic carbocycles. The molecule has 0 saturated carbocycles. The molecule has 1 fully saturated rings. The molecular formula is C8H15F2NO. The second-order valence-electron chi connectivity index (χ2n) is 3.64. The maximum atomic E-state index is 12.5. The van der Waals surface area contributed by atoms with E-state index in [1.165, 1.54) is 6.92 Å². The SMILES string of the molecule is CC1OCCC1C(C)(N)C(F)F. The van der Waals surface area contributed by atoms with Crippen LogP contribution in [0.2, 0.25) is 0 Å². The molecule has 3 unspecified atom stereocenters. The molecule has 1 aliphatic rings. The number of hydrogen-bond acceptors (Lipinski definition) is 2. The first kappa shape index (κ1) is 9.86. The molecule has 3 atom stereocenters. The van der Waals surface area contributed by atoms with Gasteiger partial charge < -0.3 is 10.5 Å². The number of halogens is 2. The Balaban J connectivity index is 2.67. The molecule has 1 saturated heterocycles. The van der Waals surface area contributed by atoms with E-state index in [1.54, 1.807) is 6.92 Å². The van der Waals surface area contributed by atoms with E-state index in [0.29, 0.717) is 13.0 Å². The third kappa shape index (κ3) is 1.59. The van der Waals surface area contributed by atoms with Gasteiger partial charge in [-0.2, -0.15) is 0 Å². The van der Waals surface area contributed by atoms with Gasteiger partial charge in [-0.1, -0.05) is 0 Å². The van der Waals surface area contributed by atoms with Gasteiger partial charge in [0.15, 0.2) is 0 Å². The number of alkyl halides is 2. The summed E-state index contributed by atoms with van der Waals surface area (Å²) in [7, 11) is 0. The first-order valence-corrected chi connectivity index (χ1v) is 4.15. The Labute approximate surface area is 71.1 Å². The Morgan fingerprint density at radius 2 is 2.17 bits per heavy atom. The van der Waals surface area contributed by atoms with E-state index in [4.69, 9.17) is 10.5 Å². The number of ether oxygens (including phenoxy) is 1. The lowest BCUT2D eigenvalue weighted by Gasteiger charge is -2.32. The predicted molar refractivity (Wildman–Crippen MR) is 42.1 cm³/mol. The van der Waals surface area contributed by atoms with Crippen molar-refractivity contribution in [3.63, 3.8) is 0 Å². The highest BCUT2D eigenvalue weighted by Crippen LogP contribution is 2.33. The Hall–Kier alpha value is -0.220. The van der Waals surface area contributed by atoms with E-state index in [2.05, 4.69) is 0 Å². The van der Waals surface area contributed by atoms with Crippen LogP contribution < -0.4 is 5.73 Å². The minimum Gasteiger partial charge on any atom is -0.378 e. The Morgan fingerprint density at radius 3 is 2.50 bits per heavy atom. The van der Waals surface area contributed by atoms with E-state index >= 15 is 0 Å². The standard InChI is InChI=1S/C8H15F2NO/c1-5-6(3-4-12-5)8(2,11)7(9)10/h5-7H,3-4,11H2,1-2H3. The summed E-state index contributed by atoms with van der Waals surface area (Å²) in [5.74, 6) is -0.225. The molecule has 4 heteroatoms. The second kappa shape index (κ2) is 3.26. The summed E-state index contributed by atoms with van der Waals surface area (Å²) < 4.78 is 30.1. The summed E-state index contributed by atoms with van der Waals surface area (Å²) in [6, 6.07) is 0. The van der Waals surface area contributed by atoms with Crippen LogP contribution in [0.4, 0.5) is 8.78 Å². The monoisotopic (exact) mass is 179 g/mol. The molecule has 0 amide bonds. The van der Waals surface area contributed by atoms with Crippen LogP contribution in [-0.4, -0.2) is 24.7 Å². The first-order chi connectivity index (χ1) is 5.46. The van der Waals surface area contributed by atoms with Gasteiger partial charge in [-0.05, 0) is 20.3 Å². The molecule has 72 valence electrons. The molecule has 1 aliphatic heterocycles. The van der Waals surface area contributed by atoms with Gasteiger partial charge >= 0.3 is 0 Å². The number of rotatable bonds is 2. The van der Waals surface area contributed by atoms with Crippen LogP contribution in [0.15, 0.2) is 0 Å². The van der Waals surface area contributed by atoms with Crippen molar-refractivity contribution in [3.8, 4) is 0 Å². The molecule has 0 aromatic carbocycles. The van der Waals surface area contributed by atoms with E-state index in [-0.39, 0.29) is 12.0 Å². The molecule has 0 bridgehead atoms. The molecule has 1 rings (SSSR count). The lowest BCUT2D eigenvalue weighted by molar-refractivity contribution is 0.00207. The zero-order chi connectivity index (χ0) is 9.35. The zero-order valence-corrected chi connectivity index (χ0v) is 7.39. The van der Waals surface area contributed by atoms with Crippen molar-refractivity contribution in [2.75, 3.05) is 6.61 Å². The fraction of sp³-hybridized carbons (Fsp3) is 1.00. The summed E-state index contributed by atoms with van der Waals surface area (Å²) in [6.45, 7) is 3.74. The molecule has 2 N–H and O–H groups in total. The van der Waals surface area contributed by atoms with Crippen LogP contribution in [0.5, 0.6) is 0 Å². The maximum absolute atomic E-state index is 12.5. The summed E-state index contributed by atoms with van der Waals surface area (Å²) in [5.41, 5.74) is 4.12. The zero-order valence-electron chi connectivity index (χ0n) is 7.39. The van der Waals surface area contributed by atoms with Crippen molar-refractivity contribution in [1.82, 2.24) is 0 Å². The number of hydrogen-bond donors (Lipinski definition) is 1. The van der Waals surface area contributed by atoms with Crippen LogP contribution in [0.3, 0.4) is 0 Å². The molecule has 1 heterocycles. The lowest BCUT2D eigenvalue weighted by atomic mass is 9.82. The van der Waals surface area contributed by atoms with Gasteiger partial charge in [-0.15, -0.1) is 0 Å². The smallest absolute Gasteiger partial charge is 0.256 e. The Morgan fingerprint density at radius 1 is 1.58 bits per heavy atom. The molecule has 0 spiro atoms. The maximum Gasteiger partial charge on any atom is 0.256 e. The van der Waals surface area contributed by atoms with Crippen LogP contribution in [-0.2, 0) is 4.74 Å². The highest BCUT2D eigenvalue weighted by molar-refractivity contribution is 4.94. The van der Waals surface area contributed by atoms with Crippen LogP contribution in [0.25, 0.3) is 0 Å². The van der Waals surface area contributed by atoms with Gasteiger partial charge in [0, 0.05) is 12.5 Å². The Kier molecular flexibility index (Phi) is 2.68. The third-order valence-electron chi connectivity index (χ3n) is 2.65. The summed E-state index contributed by atoms with van der Waals surface area (Å²) in [4.78, 5) is 0. The van der Waals surface area contributed by atoms with Gasteiger partial charge in [0.05, 0.1) is 11.6 Å². The summed E-state index contributed by atoms with van der Waals surface area (Å²) in [5, 5.41) is 0. The molecule has 0 aromatic rings. The molecule has 0 radical (unpaired) electrons. The predicted octanol–water partition coefficient (Wildman–Crippen LogP) is 1.39. The average Bonchev–Trinajstić information content (AvgIpc) is 2.35. The second-order valence-corrected chi connectivity index (χ2v) is 3.64. The Bertz CT molecular complexity index is 161. The first-order valence-electron chi connectivity index (χ1n) is 4.15. The highest BCUT2D eigenvalue weighted by Gasteiger charge is 2.44. The summed E-state index contributed by atoms with van der Waals surface area (Å²) in [6.07, 6.45) is -1.99. The molecule has 0 aromatic heterocycles. The van der Waals surface area contributed by atoms with Gasteiger partial charge in [-0.3, -0.25) is 0 Å². The van der Waals surface area contributed by atoms with Crippen molar-refractivity contribution >= 4 is 0 Å². The quantitative estimate of drug-likeness (QED) is 0.695. The van der Waals surface area contributed by atoms with Crippen molar-refractivity contribution in [3.05, 3.63) is 0 Å². The largest absolute Gasteiger partial charge is 0.378 e. The minimum atomic E-state index is -2.48. The van der Waals surface area contributed by atoms with E-state index in [1.807, 2.05) is 0 Å².